The Balaban J connectivity index is 2.98. The molecule has 0 spiro atoms. The summed E-state index contributed by atoms with van der Waals surface area (Å²) in [5.74, 6) is 42.9. The van der Waals surface area contributed by atoms with Gasteiger partial charge in [0.2, 0.25) is 0 Å². The molecule has 1 aromatic carbocycles. The molecular formula is C35H22O4. The smallest absolute Gasteiger partial charge is 0.308 e. The van der Waals surface area contributed by atoms with Gasteiger partial charge in [0.15, 0.2) is 0 Å². The zero-order chi connectivity index (χ0) is 29.0. The monoisotopic (exact) mass is 506 g/mol. The molecule has 4 heteroatoms. The second kappa shape index (κ2) is 17.4. The highest BCUT2D eigenvalue weighted by atomic mass is 16.5. The van der Waals surface area contributed by atoms with Crippen LogP contribution in [0.25, 0.3) is 0 Å². The van der Waals surface area contributed by atoms with Gasteiger partial charge < -0.3 is 9.47 Å². The predicted octanol–water partition coefficient (Wildman–Crippen LogP) is 3.61. The third-order valence-electron chi connectivity index (χ3n) is 4.62. The first kappa shape index (κ1) is 31.0. The van der Waals surface area contributed by atoms with Gasteiger partial charge in [-0.2, -0.15) is 0 Å². The topological polar surface area (TPSA) is 52.6 Å². The summed E-state index contributed by atoms with van der Waals surface area (Å²) in [5, 5.41) is 0. The lowest BCUT2D eigenvalue weighted by Crippen LogP contribution is -2.11. The molecule has 0 saturated heterocycles. The second-order valence-corrected chi connectivity index (χ2v) is 7.43. The van der Waals surface area contributed by atoms with Crippen LogP contribution in [-0.4, -0.2) is 11.9 Å². The summed E-state index contributed by atoms with van der Waals surface area (Å²) in [7, 11) is 0. The molecule has 0 heterocycles. The van der Waals surface area contributed by atoms with Crippen LogP contribution < -0.4 is 9.47 Å². The number of benzene rings is 1. The van der Waals surface area contributed by atoms with Crippen LogP contribution in [0.3, 0.4) is 0 Å². The first-order chi connectivity index (χ1) is 18.7. The molecule has 0 aliphatic heterocycles. The van der Waals surface area contributed by atoms with E-state index in [2.05, 4.69) is 101 Å². The molecule has 0 bridgehead atoms. The van der Waals surface area contributed by atoms with Crippen molar-refractivity contribution in [1.29, 1.82) is 0 Å². The quantitative estimate of drug-likeness (QED) is 0.356. The van der Waals surface area contributed by atoms with E-state index in [1.165, 1.54) is 13.8 Å². The number of terminal acetylenes is 1. The lowest BCUT2D eigenvalue weighted by molar-refractivity contribution is -0.133. The van der Waals surface area contributed by atoms with Crippen LogP contribution in [0.5, 0.6) is 11.5 Å². The summed E-state index contributed by atoms with van der Waals surface area (Å²) >= 11 is 0. The number of carbonyl (C=O) groups excluding carboxylic acids is 2. The summed E-state index contributed by atoms with van der Waals surface area (Å²) in [5.41, 5.74) is 3.66. The fourth-order valence-electron chi connectivity index (χ4n) is 2.86. The van der Waals surface area contributed by atoms with Crippen LogP contribution in [-0.2, 0) is 16.0 Å². The second-order valence-electron chi connectivity index (χ2n) is 7.43. The summed E-state index contributed by atoms with van der Waals surface area (Å²) in [6.07, 6.45) is 7.24. The van der Waals surface area contributed by atoms with Crippen molar-refractivity contribution in [2.75, 3.05) is 0 Å². The van der Waals surface area contributed by atoms with E-state index in [1.807, 2.05) is 33.8 Å². The first-order valence-corrected chi connectivity index (χ1v) is 11.3. The molecular weight excluding hydrogens is 484 g/mol. The highest BCUT2D eigenvalue weighted by molar-refractivity contribution is 5.75. The van der Waals surface area contributed by atoms with Crippen molar-refractivity contribution in [3.05, 3.63) is 33.9 Å². The van der Waals surface area contributed by atoms with Gasteiger partial charge in [0.05, 0.1) is 0 Å². The van der Waals surface area contributed by atoms with Crippen LogP contribution in [0.4, 0.5) is 0 Å². The Morgan fingerprint density at radius 2 is 1.00 bits per heavy atom. The van der Waals surface area contributed by atoms with E-state index >= 15 is 0 Å². The minimum atomic E-state index is -0.436. The maximum Gasteiger partial charge on any atom is 0.308 e. The molecule has 0 aliphatic carbocycles. The van der Waals surface area contributed by atoms with E-state index in [9.17, 15) is 9.59 Å². The zero-order valence-corrected chi connectivity index (χ0v) is 22.5. The molecule has 0 aromatic heterocycles. The summed E-state index contributed by atoms with van der Waals surface area (Å²) in [6.45, 7) is 9.97. The third-order valence-corrected chi connectivity index (χ3v) is 4.62. The minimum Gasteiger partial charge on any atom is -0.426 e. The molecule has 39 heavy (non-hydrogen) atoms. The van der Waals surface area contributed by atoms with Crippen molar-refractivity contribution in [2.45, 2.75) is 48.0 Å². The van der Waals surface area contributed by atoms with Crippen molar-refractivity contribution in [3.63, 3.8) is 0 Å². The molecule has 0 radical (unpaired) electrons. The van der Waals surface area contributed by atoms with E-state index in [0.29, 0.717) is 23.5 Å². The summed E-state index contributed by atoms with van der Waals surface area (Å²) in [6, 6.07) is 0. The Labute approximate surface area is 231 Å². The Morgan fingerprint density at radius 3 is 1.44 bits per heavy atom. The van der Waals surface area contributed by atoms with Gasteiger partial charge in [0.25, 0.3) is 0 Å². The first-order valence-electron chi connectivity index (χ1n) is 11.3. The normalized spacial score (nSPS) is 8.08. The van der Waals surface area contributed by atoms with Crippen LogP contribution in [0.15, 0.2) is 11.6 Å². The molecule has 0 atom stereocenters. The van der Waals surface area contributed by atoms with Gasteiger partial charge in [0.1, 0.15) is 11.5 Å². The predicted molar refractivity (Wildman–Crippen MR) is 152 cm³/mol. The number of allylic oxidation sites excluding steroid dienone is 2. The van der Waals surface area contributed by atoms with E-state index in [1.54, 1.807) is 0 Å². The van der Waals surface area contributed by atoms with Crippen LogP contribution >= 0.6 is 0 Å². The van der Waals surface area contributed by atoms with Gasteiger partial charge in [-0.25, -0.2) is 0 Å². The van der Waals surface area contributed by atoms with E-state index in [0.717, 1.165) is 22.3 Å². The fourth-order valence-corrected chi connectivity index (χ4v) is 2.86. The average molecular weight is 507 g/mol. The van der Waals surface area contributed by atoms with Crippen molar-refractivity contribution < 1.29 is 19.1 Å². The highest BCUT2D eigenvalue weighted by Gasteiger charge is 2.21. The highest BCUT2D eigenvalue weighted by Crippen LogP contribution is 2.38. The Hall–Kier alpha value is -6.06. The molecule has 1 aromatic rings. The Kier molecular flexibility index (Phi) is 13.8. The third kappa shape index (κ3) is 12.0. The van der Waals surface area contributed by atoms with Gasteiger partial charge in [0, 0.05) is 19.4 Å². The van der Waals surface area contributed by atoms with E-state index in [-0.39, 0.29) is 0 Å². The van der Waals surface area contributed by atoms with E-state index < -0.39 is 11.9 Å². The number of hydrogen-bond donors (Lipinski definition) is 0. The Bertz CT molecular complexity index is 1760. The number of ether oxygens (including phenoxy) is 2. The number of carbonyl (C=O) groups is 2. The van der Waals surface area contributed by atoms with Gasteiger partial charge in [-0.3, -0.25) is 9.59 Å². The van der Waals surface area contributed by atoms with Gasteiger partial charge in [-0.1, -0.05) is 12.0 Å². The van der Waals surface area contributed by atoms with Gasteiger partial charge in [-0.15, -0.1) is 6.42 Å². The zero-order valence-electron chi connectivity index (χ0n) is 22.5. The number of esters is 2. The minimum absolute atomic E-state index is 0.408. The van der Waals surface area contributed by atoms with Crippen molar-refractivity contribution in [1.82, 2.24) is 0 Å². The molecule has 0 fully saturated rings. The fraction of sp³-hybridized carbons (Fsp3) is 0.200. The van der Waals surface area contributed by atoms with E-state index in [4.69, 9.17) is 15.9 Å². The standard InChI is InChI=1S/C35H22O4/c1-8-9-10-11-12-13-14-15-16-17-18-19-20-21-22-23-24-27(2)25-26-33-30(5)34(38-31(6)36)28(3)29(4)35(33)39-32(7)37/h1,25H,26H2,2-7H3. The molecule has 0 unspecified atom stereocenters. The van der Waals surface area contributed by atoms with Crippen LogP contribution in [0.1, 0.15) is 43.0 Å². The maximum absolute atomic E-state index is 11.7. The number of hydrogen-bond acceptors (Lipinski definition) is 4. The summed E-state index contributed by atoms with van der Waals surface area (Å²) in [4.78, 5) is 23.3. The van der Waals surface area contributed by atoms with Crippen LogP contribution in [0.2, 0.25) is 0 Å². The molecule has 1 rings (SSSR count). The van der Waals surface area contributed by atoms with Gasteiger partial charge >= 0.3 is 11.9 Å². The molecule has 4 nitrogen and oxygen atoms in total. The Morgan fingerprint density at radius 1 is 0.615 bits per heavy atom. The molecule has 0 N–H and O–H groups in total. The van der Waals surface area contributed by atoms with Crippen LogP contribution in [0, 0.1) is 128 Å². The largest absolute Gasteiger partial charge is 0.426 e. The average Bonchev–Trinajstić information content (AvgIpc) is 2.88. The molecule has 186 valence electrons. The lowest BCUT2D eigenvalue weighted by atomic mass is 9.94. The van der Waals surface area contributed by atoms with Crippen molar-refractivity contribution >= 4 is 11.9 Å². The van der Waals surface area contributed by atoms with Gasteiger partial charge in [-0.05, 0) is 151 Å². The summed E-state index contributed by atoms with van der Waals surface area (Å²) < 4.78 is 10.9. The maximum atomic E-state index is 11.7. The number of rotatable bonds is 4. The lowest BCUT2D eigenvalue weighted by Gasteiger charge is -2.20. The van der Waals surface area contributed by atoms with Crippen molar-refractivity contribution in [2.24, 2.45) is 0 Å². The SMILES string of the molecule is C#CC#CC#CC#CC#CC#CC#CC#CC#CC(C)=CCc1c(C)c(OC(C)=O)c(C)c(C)c1OC(C)=O. The van der Waals surface area contributed by atoms with Crippen molar-refractivity contribution in [3.8, 4) is 119 Å². The molecule has 0 saturated carbocycles. The molecule has 0 aliphatic rings. The molecule has 0 amide bonds.